The van der Waals surface area contributed by atoms with Crippen molar-refractivity contribution in [1.29, 1.82) is 0 Å². The van der Waals surface area contributed by atoms with Crippen molar-refractivity contribution in [2.75, 3.05) is 0 Å². The molecule has 0 bridgehead atoms. The Labute approximate surface area is 116 Å². The second kappa shape index (κ2) is 6.89. The maximum atomic E-state index is 12.1. The van der Waals surface area contributed by atoms with E-state index >= 15 is 0 Å². The van der Waals surface area contributed by atoms with E-state index in [-0.39, 0.29) is 17.7 Å². The summed E-state index contributed by atoms with van der Waals surface area (Å²) in [5, 5.41) is 2.68. The van der Waals surface area contributed by atoms with Crippen LogP contribution in [0.2, 0.25) is 0 Å². The molecule has 0 aromatic carbocycles. The lowest BCUT2D eigenvalue weighted by Crippen LogP contribution is -2.53. The van der Waals surface area contributed by atoms with Crippen molar-refractivity contribution < 1.29 is 14.3 Å². The zero-order chi connectivity index (χ0) is 15.4. The van der Waals surface area contributed by atoms with E-state index < -0.39 is 23.7 Å². The molecule has 0 aliphatic rings. The summed E-state index contributed by atoms with van der Waals surface area (Å²) in [6, 6.07) is -1.29. The van der Waals surface area contributed by atoms with E-state index in [1.54, 1.807) is 20.8 Å². The lowest BCUT2D eigenvalue weighted by atomic mass is 10.0. The maximum Gasteiger partial charge on any atom is 0.329 e. The van der Waals surface area contributed by atoms with Gasteiger partial charge in [-0.3, -0.25) is 4.79 Å². The first-order valence-corrected chi connectivity index (χ1v) is 6.74. The zero-order valence-corrected chi connectivity index (χ0v) is 13.1. The van der Waals surface area contributed by atoms with Crippen molar-refractivity contribution in [3.63, 3.8) is 0 Å². The van der Waals surface area contributed by atoms with E-state index in [1.807, 2.05) is 27.7 Å². The second-order valence-corrected chi connectivity index (χ2v) is 6.53. The van der Waals surface area contributed by atoms with Crippen LogP contribution in [-0.4, -0.2) is 29.6 Å². The normalized spacial score (nSPS) is 15.3. The molecular weight excluding hydrogens is 244 g/mol. The molecule has 5 heteroatoms. The van der Waals surface area contributed by atoms with Crippen molar-refractivity contribution >= 4 is 11.9 Å². The summed E-state index contributed by atoms with van der Waals surface area (Å²) in [6.07, 6.45) is 0. The standard InChI is InChI=1S/C14H28N2O3/c1-8(2)10(15)12(17)16-11(9(3)4)13(18)19-14(5,6)7/h8-11H,15H2,1-7H3,(H,16,17). The molecule has 0 aromatic rings. The third kappa shape index (κ3) is 6.57. The number of carbonyl (C=O) groups is 2. The van der Waals surface area contributed by atoms with Gasteiger partial charge in [-0.2, -0.15) is 0 Å². The summed E-state index contributed by atoms with van der Waals surface area (Å²) in [4.78, 5) is 24.0. The highest BCUT2D eigenvalue weighted by molar-refractivity contribution is 5.87. The number of rotatable bonds is 5. The summed E-state index contributed by atoms with van der Waals surface area (Å²) in [6.45, 7) is 12.8. The molecule has 1 amide bonds. The van der Waals surface area contributed by atoms with Gasteiger partial charge in [0.1, 0.15) is 11.6 Å². The minimum Gasteiger partial charge on any atom is -0.458 e. The van der Waals surface area contributed by atoms with Crippen LogP contribution in [0, 0.1) is 11.8 Å². The van der Waals surface area contributed by atoms with Gasteiger partial charge in [0.2, 0.25) is 5.91 Å². The molecule has 0 rings (SSSR count). The number of carbonyl (C=O) groups excluding carboxylic acids is 2. The van der Waals surface area contributed by atoms with Crippen molar-refractivity contribution in [2.24, 2.45) is 17.6 Å². The fraction of sp³-hybridized carbons (Fsp3) is 0.857. The third-order valence-electron chi connectivity index (χ3n) is 2.65. The van der Waals surface area contributed by atoms with Gasteiger partial charge in [0.15, 0.2) is 0 Å². The van der Waals surface area contributed by atoms with E-state index in [2.05, 4.69) is 5.32 Å². The minimum absolute atomic E-state index is 0.0199. The number of amides is 1. The minimum atomic E-state index is -0.670. The first-order chi connectivity index (χ1) is 8.45. The molecule has 19 heavy (non-hydrogen) atoms. The van der Waals surface area contributed by atoms with Crippen LogP contribution >= 0.6 is 0 Å². The topological polar surface area (TPSA) is 81.4 Å². The van der Waals surface area contributed by atoms with Crippen LogP contribution in [-0.2, 0) is 14.3 Å². The molecule has 0 fully saturated rings. The average molecular weight is 272 g/mol. The number of hydrogen-bond donors (Lipinski definition) is 2. The van der Waals surface area contributed by atoms with Gasteiger partial charge in [-0.25, -0.2) is 4.79 Å². The first kappa shape index (κ1) is 17.9. The Morgan fingerprint density at radius 3 is 1.84 bits per heavy atom. The number of esters is 1. The van der Waals surface area contributed by atoms with Crippen LogP contribution in [0.15, 0.2) is 0 Å². The molecule has 0 spiro atoms. The zero-order valence-electron chi connectivity index (χ0n) is 13.1. The highest BCUT2D eigenvalue weighted by Gasteiger charge is 2.31. The van der Waals surface area contributed by atoms with E-state index in [1.165, 1.54) is 0 Å². The predicted molar refractivity (Wildman–Crippen MR) is 75.4 cm³/mol. The molecule has 0 heterocycles. The summed E-state index contributed by atoms with van der Waals surface area (Å²) < 4.78 is 5.31. The summed E-state index contributed by atoms with van der Waals surface area (Å²) >= 11 is 0. The molecule has 112 valence electrons. The number of ether oxygens (including phenoxy) is 1. The smallest absolute Gasteiger partial charge is 0.329 e. The summed E-state index contributed by atoms with van der Waals surface area (Å²) in [7, 11) is 0. The molecular formula is C14H28N2O3. The van der Waals surface area contributed by atoms with E-state index in [0.29, 0.717) is 0 Å². The molecule has 0 aliphatic heterocycles. The Kier molecular flexibility index (Phi) is 6.49. The van der Waals surface area contributed by atoms with Gasteiger partial charge < -0.3 is 15.8 Å². The van der Waals surface area contributed by atoms with Crippen LogP contribution in [0.25, 0.3) is 0 Å². The highest BCUT2D eigenvalue weighted by atomic mass is 16.6. The van der Waals surface area contributed by atoms with E-state index in [0.717, 1.165) is 0 Å². The Bertz CT molecular complexity index is 319. The quantitative estimate of drug-likeness (QED) is 0.742. The van der Waals surface area contributed by atoms with Crippen LogP contribution in [0.3, 0.4) is 0 Å². The van der Waals surface area contributed by atoms with Crippen molar-refractivity contribution in [3.05, 3.63) is 0 Å². The van der Waals surface area contributed by atoms with Crippen molar-refractivity contribution in [1.82, 2.24) is 5.32 Å². The summed E-state index contributed by atoms with van der Waals surface area (Å²) in [5.41, 5.74) is 5.20. The summed E-state index contributed by atoms with van der Waals surface area (Å²) in [5.74, 6) is -0.782. The SMILES string of the molecule is CC(C)C(N)C(=O)NC(C(=O)OC(C)(C)C)C(C)C. The lowest BCUT2D eigenvalue weighted by molar-refractivity contribution is -0.160. The fourth-order valence-corrected chi connectivity index (χ4v) is 1.42. The lowest BCUT2D eigenvalue weighted by Gasteiger charge is -2.27. The first-order valence-electron chi connectivity index (χ1n) is 6.74. The number of nitrogens with two attached hydrogens (primary N) is 1. The molecule has 5 nitrogen and oxygen atoms in total. The Morgan fingerprint density at radius 1 is 1.05 bits per heavy atom. The molecule has 0 saturated carbocycles. The largest absolute Gasteiger partial charge is 0.458 e. The van der Waals surface area contributed by atoms with Crippen LogP contribution in [0.5, 0.6) is 0 Å². The Morgan fingerprint density at radius 2 is 1.53 bits per heavy atom. The maximum absolute atomic E-state index is 12.1. The van der Waals surface area contributed by atoms with Crippen molar-refractivity contribution in [2.45, 2.75) is 66.2 Å². The number of nitrogens with one attached hydrogen (secondary N) is 1. The Hall–Kier alpha value is -1.10. The van der Waals surface area contributed by atoms with Gasteiger partial charge in [0.25, 0.3) is 0 Å². The predicted octanol–water partition coefficient (Wildman–Crippen LogP) is 1.45. The molecule has 2 unspecified atom stereocenters. The van der Waals surface area contributed by atoms with Gasteiger partial charge >= 0.3 is 5.97 Å². The highest BCUT2D eigenvalue weighted by Crippen LogP contribution is 2.12. The van der Waals surface area contributed by atoms with Gasteiger partial charge in [-0.05, 0) is 32.6 Å². The van der Waals surface area contributed by atoms with E-state index in [9.17, 15) is 9.59 Å². The molecule has 0 radical (unpaired) electrons. The second-order valence-electron chi connectivity index (χ2n) is 6.53. The van der Waals surface area contributed by atoms with Crippen LogP contribution < -0.4 is 11.1 Å². The van der Waals surface area contributed by atoms with E-state index in [4.69, 9.17) is 10.5 Å². The monoisotopic (exact) mass is 272 g/mol. The van der Waals surface area contributed by atoms with Crippen LogP contribution in [0.1, 0.15) is 48.5 Å². The molecule has 0 saturated heterocycles. The van der Waals surface area contributed by atoms with Gasteiger partial charge in [0.05, 0.1) is 6.04 Å². The molecule has 2 atom stereocenters. The van der Waals surface area contributed by atoms with Gasteiger partial charge in [0, 0.05) is 0 Å². The van der Waals surface area contributed by atoms with Crippen LogP contribution in [0.4, 0.5) is 0 Å². The third-order valence-corrected chi connectivity index (χ3v) is 2.65. The number of hydrogen-bond acceptors (Lipinski definition) is 4. The molecule has 0 aromatic heterocycles. The fourth-order valence-electron chi connectivity index (χ4n) is 1.42. The molecule has 0 aliphatic carbocycles. The average Bonchev–Trinajstić information content (AvgIpc) is 2.20. The van der Waals surface area contributed by atoms with Gasteiger partial charge in [-0.15, -0.1) is 0 Å². The van der Waals surface area contributed by atoms with Crippen molar-refractivity contribution in [3.8, 4) is 0 Å². The van der Waals surface area contributed by atoms with Gasteiger partial charge in [-0.1, -0.05) is 27.7 Å². The Balaban J connectivity index is 4.76. The molecule has 3 N–H and O–H groups in total.